The van der Waals surface area contributed by atoms with Crippen molar-refractivity contribution >= 4 is 42.8 Å². The van der Waals surface area contributed by atoms with E-state index < -0.39 is 90.6 Å². The predicted octanol–water partition coefficient (Wildman–Crippen LogP) is 2.99. The van der Waals surface area contributed by atoms with Gasteiger partial charge in [0.25, 0.3) is 0 Å². The minimum absolute atomic E-state index is 0.0523. The molecule has 5 rings (SSSR count). The topological polar surface area (TPSA) is 153 Å². The van der Waals surface area contributed by atoms with Gasteiger partial charge < -0.3 is 30.4 Å². The smallest absolute Gasteiger partial charge is 0.407 e. The molecule has 0 bridgehead atoms. The Bertz CT molecular complexity index is 1920. The minimum atomic E-state index is -5.37. The van der Waals surface area contributed by atoms with Gasteiger partial charge in [-0.3, -0.25) is 0 Å². The van der Waals surface area contributed by atoms with Crippen molar-refractivity contribution in [2.75, 3.05) is 31.9 Å². The van der Waals surface area contributed by atoms with Crippen LogP contribution in [0, 0.1) is 11.8 Å². The van der Waals surface area contributed by atoms with Crippen LogP contribution in [-0.4, -0.2) is 79.6 Å². The first-order valence-electron chi connectivity index (χ1n) is 18.5. The van der Waals surface area contributed by atoms with Crippen molar-refractivity contribution in [2.24, 2.45) is 11.8 Å². The molecule has 2 saturated heterocycles. The van der Waals surface area contributed by atoms with Crippen molar-refractivity contribution in [1.29, 1.82) is 0 Å². The fraction of sp³-hybridized carbons (Fsp3) is 0.500. The number of sulfonamides is 1. The Morgan fingerprint density at radius 1 is 1.39 bits per heavy atom. The van der Waals surface area contributed by atoms with Gasteiger partial charge in [0, 0.05) is 25.4 Å². The first-order valence-corrected chi connectivity index (χ1v) is 14.7. The number of nitrogens with one attached hydrogen (secondary N) is 1. The van der Waals surface area contributed by atoms with Crippen LogP contribution in [0.1, 0.15) is 42.1 Å². The van der Waals surface area contributed by atoms with Crippen LogP contribution in [-0.2, 0) is 30.7 Å². The number of nitrogens with zero attached hydrogens (tertiary/aromatic N) is 2. The van der Waals surface area contributed by atoms with Crippen molar-refractivity contribution in [3.05, 3.63) is 54.1 Å². The molecule has 0 unspecified atom stereocenters. The quantitative estimate of drug-likeness (QED) is 0.295. The monoisotopic (exact) mass is 616 g/mol. The fourth-order valence-electron chi connectivity index (χ4n) is 4.49. The number of rotatable bonds is 11. The SMILES string of the molecule is [2H]C([2H])([2H])C([2H])(C([2H])([2H])[2H])C([2H])([2H])N(C[C@@H](O)[C@H](Cc1ccccc1)NC(=O)O[C@]1([2H])[C@@H]2CCO[C@@H]2OC1([2H])[2H])S(=O)(=O)c1ccc2nc(N)sc2c1. The second kappa shape index (κ2) is 12.6. The Morgan fingerprint density at radius 3 is 2.98 bits per heavy atom. The van der Waals surface area contributed by atoms with Crippen LogP contribution in [0.3, 0.4) is 0 Å². The largest absolute Gasteiger partial charge is 0.443 e. The highest BCUT2D eigenvalue weighted by atomic mass is 32.2. The van der Waals surface area contributed by atoms with Crippen LogP contribution in [0.25, 0.3) is 10.2 Å². The summed E-state index contributed by atoms with van der Waals surface area (Å²) in [5.74, 6) is -5.20. The number of aliphatic hydroxyl groups excluding tert-OH is 1. The van der Waals surface area contributed by atoms with E-state index in [0.29, 0.717) is 5.56 Å². The number of aromatic nitrogens is 1. The number of anilines is 1. The van der Waals surface area contributed by atoms with Gasteiger partial charge >= 0.3 is 6.09 Å². The molecule has 3 heterocycles. The lowest BCUT2D eigenvalue weighted by Crippen LogP contribution is -2.51. The average molecular weight is 617 g/mol. The molecule has 1 aromatic heterocycles. The highest BCUT2D eigenvalue weighted by Gasteiger charge is 2.44. The molecule has 11 nitrogen and oxygen atoms in total. The van der Waals surface area contributed by atoms with Gasteiger partial charge in [-0.05, 0) is 42.5 Å². The maximum absolute atomic E-state index is 14.4. The molecule has 3 aromatic rings. The number of hydrogen-bond acceptors (Lipinski definition) is 10. The van der Waals surface area contributed by atoms with E-state index in [9.17, 15) is 18.3 Å². The number of nitrogens with two attached hydrogens (primary N) is 1. The van der Waals surface area contributed by atoms with Crippen LogP contribution in [0.5, 0.6) is 0 Å². The number of aliphatic hydroxyl groups is 1. The molecule has 0 saturated carbocycles. The summed E-state index contributed by atoms with van der Waals surface area (Å²) >= 11 is 0.864. The third-order valence-corrected chi connectivity index (χ3v) is 8.99. The van der Waals surface area contributed by atoms with E-state index in [-0.39, 0.29) is 39.1 Å². The van der Waals surface area contributed by atoms with Gasteiger partial charge in [0.15, 0.2) is 11.4 Å². The molecule has 0 aliphatic carbocycles. The molecule has 5 atom stereocenters. The number of ether oxygens (including phenoxy) is 3. The molecular weight excluding hydrogens is 568 g/mol. The Morgan fingerprint density at radius 2 is 2.20 bits per heavy atom. The third-order valence-electron chi connectivity index (χ3n) is 6.47. The molecule has 41 heavy (non-hydrogen) atoms. The van der Waals surface area contributed by atoms with Gasteiger partial charge in [-0.1, -0.05) is 55.4 Å². The summed E-state index contributed by atoms with van der Waals surface area (Å²) in [5, 5.41) is 14.0. The van der Waals surface area contributed by atoms with Crippen LogP contribution < -0.4 is 11.1 Å². The Hall–Kier alpha value is -2.81. The average Bonchev–Trinajstić information content (AvgIpc) is 3.70. The number of amides is 1. The Kier molecular flexibility index (Phi) is 5.53. The van der Waals surface area contributed by atoms with Crippen molar-refractivity contribution in [1.82, 2.24) is 14.6 Å². The van der Waals surface area contributed by atoms with Gasteiger partial charge in [0.2, 0.25) is 10.0 Å². The Labute approximate surface area is 260 Å². The number of nitrogen functional groups attached to an aromatic ring is 1. The lowest BCUT2D eigenvalue weighted by atomic mass is 10.0. The van der Waals surface area contributed by atoms with E-state index >= 15 is 0 Å². The van der Waals surface area contributed by atoms with E-state index in [1.165, 1.54) is 6.07 Å². The first-order chi connectivity index (χ1) is 24.3. The number of thiazole rings is 1. The zero-order valence-corrected chi connectivity index (χ0v) is 23.1. The van der Waals surface area contributed by atoms with Crippen molar-refractivity contribution in [2.45, 2.75) is 56.0 Å². The lowest BCUT2D eigenvalue weighted by molar-refractivity contribution is -0.0907. The summed E-state index contributed by atoms with van der Waals surface area (Å²) in [6, 6.07) is 9.55. The predicted molar refractivity (Wildman–Crippen MR) is 155 cm³/mol. The number of benzene rings is 2. The molecule has 2 aliphatic rings. The van der Waals surface area contributed by atoms with Crippen LogP contribution >= 0.6 is 11.3 Å². The number of hydrogen-bond donors (Lipinski definition) is 3. The standard InChI is InChI=1S/C28H36N4O7S2/c1-17(2)14-32(41(35,36)19-8-9-21-25(13-19)40-27(29)30-21)15-23(33)22(12-18-6-4-3-5-7-18)31-28(34)39-24-16-38-26-20(24)10-11-37-26/h3-9,13,17,20,22-24,26,33H,10-12,14-16H2,1-2H3,(H2,29,30)(H,31,34)/t20-,22-,23+,24-,26+/m0/s1/i1D3,2D3,14D2,16D2,17D,24D. The summed E-state index contributed by atoms with van der Waals surface area (Å²) in [5.41, 5.74) is 6.43. The van der Waals surface area contributed by atoms with E-state index in [1.54, 1.807) is 30.3 Å². The second-order valence-corrected chi connectivity index (χ2v) is 12.2. The van der Waals surface area contributed by atoms with Crippen LogP contribution in [0.2, 0.25) is 0 Å². The minimum Gasteiger partial charge on any atom is -0.443 e. The van der Waals surface area contributed by atoms with E-state index in [4.69, 9.17) is 36.4 Å². The van der Waals surface area contributed by atoms with E-state index in [0.717, 1.165) is 23.5 Å². The Balaban J connectivity index is 1.57. The van der Waals surface area contributed by atoms with Crippen LogP contribution in [0.15, 0.2) is 53.4 Å². The molecule has 0 radical (unpaired) electrons. The maximum Gasteiger partial charge on any atom is 0.407 e. The normalized spacial score (nSPS) is 30.8. The molecule has 2 fully saturated rings. The molecule has 13 heteroatoms. The zero-order chi connectivity index (χ0) is 39.6. The van der Waals surface area contributed by atoms with Gasteiger partial charge in [0.1, 0.15) is 6.08 Å². The maximum atomic E-state index is 14.4. The number of carbonyl (C=O) groups excluding carboxylic acids is 1. The number of fused-ring (bicyclic) bond motifs is 2. The molecule has 1 amide bonds. The van der Waals surface area contributed by atoms with E-state index in [2.05, 4.69) is 10.3 Å². The molecule has 222 valence electrons. The van der Waals surface area contributed by atoms with Crippen LogP contribution in [0.4, 0.5) is 9.93 Å². The van der Waals surface area contributed by atoms with E-state index in [1.807, 2.05) is 0 Å². The van der Waals surface area contributed by atoms with Gasteiger partial charge in [-0.2, -0.15) is 4.31 Å². The summed E-state index contributed by atoms with van der Waals surface area (Å²) in [4.78, 5) is 16.7. The number of alkyl carbamates (subject to hydrolysis) is 1. The summed E-state index contributed by atoms with van der Waals surface area (Å²) in [6.07, 6.45) is -7.73. The highest BCUT2D eigenvalue weighted by molar-refractivity contribution is 7.89. The van der Waals surface area contributed by atoms with Gasteiger partial charge in [-0.25, -0.2) is 18.2 Å². The molecule has 4 N–H and O–H groups in total. The number of carbonyl (C=O) groups is 1. The molecular formula is C28H36N4O7S2. The summed E-state index contributed by atoms with van der Waals surface area (Å²) < 4.78 is 144. The molecule has 0 spiro atoms. The van der Waals surface area contributed by atoms with Gasteiger partial charge in [-0.15, -0.1) is 0 Å². The highest BCUT2D eigenvalue weighted by Crippen LogP contribution is 2.33. The molecule has 2 aliphatic heterocycles. The van der Waals surface area contributed by atoms with Crippen molar-refractivity contribution in [3.63, 3.8) is 0 Å². The van der Waals surface area contributed by atoms with Crippen molar-refractivity contribution in [3.8, 4) is 0 Å². The second-order valence-electron chi connectivity index (χ2n) is 9.32. The zero-order valence-electron chi connectivity index (χ0n) is 33.4. The third kappa shape index (κ3) is 6.99. The summed E-state index contributed by atoms with van der Waals surface area (Å²) in [7, 11) is -5.37. The lowest BCUT2D eigenvalue weighted by Gasteiger charge is -2.31. The van der Waals surface area contributed by atoms with Crippen molar-refractivity contribution < 1.29 is 49.0 Å². The van der Waals surface area contributed by atoms with Gasteiger partial charge in [0.05, 0.1) is 50.5 Å². The molecule has 2 aromatic carbocycles. The first kappa shape index (κ1) is 18.0. The summed E-state index contributed by atoms with van der Waals surface area (Å²) in [6.45, 7) is -16.3. The fourth-order valence-corrected chi connectivity index (χ4v) is 6.66.